The van der Waals surface area contributed by atoms with Crippen molar-refractivity contribution in [2.24, 2.45) is 4.99 Å². The third-order valence-corrected chi connectivity index (χ3v) is 3.20. The van der Waals surface area contributed by atoms with Crippen LogP contribution < -0.4 is 10.6 Å². The molecule has 1 rings (SSSR count). The number of nitrogens with one attached hydrogen (secondary N) is 2. The van der Waals surface area contributed by atoms with Crippen molar-refractivity contribution in [3.05, 3.63) is 34.6 Å². The fourth-order valence-corrected chi connectivity index (χ4v) is 2.08. The summed E-state index contributed by atoms with van der Waals surface area (Å²) in [6, 6.07) is 4.73. The molecule has 0 bridgehead atoms. The third kappa shape index (κ3) is 8.14. The molecule has 0 saturated carbocycles. The predicted octanol–water partition coefficient (Wildman–Crippen LogP) is 3.23. The largest absolute Gasteiger partial charge is 0.385 e. The first-order chi connectivity index (χ1) is 10.2. The molecule has 0 atom stereocenters. The highest BCUT2D eigenvalue weighted by Gasteiger charge is 2.06. The maximum atomic E-state index is 13.6. The van der Waals surface area contributed by atoms with Gasteiger partial charge in [-0.15, -0.1) is 24.0 Å². The molecule has 0 aromatic heterocycles. The molecule has 0 unspecified atom stereocenters. The quantitative estimate of drug-likeness (QED) is 0.281. The molecule has 0 amide bonds. The van der Waals surface area contributed by atoms with Gasteiger partial charge in [0.1, 0.15) is 5.82 Å². The molecule has 0 aliphatic heterocycles. The van der Waals surface area contributed by atoms with E-state index in [0.717, 1.165) is 18.9 Å². The average molecular weight is 444 g/mol. The van der Waals surface area contributed by atoms with Gasteiger partial charge in [0.25, 0.3) is 0 Å². The lowest BCUT2D eigenvalue weighted by molar-refractivity contribution is 0.197. The number of methoxy groups -OCH3 is 1. The second-order valence-electron chi connectivity index (χ2n) is 4.48. The summed E-state index contributed by atoms with van der Waals surface area (Å²) in [7, 11) is 1.67. The van der Waals surface area contributed by atoms with Crippen LogP contribution in [-0.4, -0.2) is 39.3 Å². The maximum Gasteiger partial charge on any atom is 0.191 e. The fourth-order valence-electron chi connectivity index (χ4n) is 1.82. The summed E-state index contributed by atoms with van der Waals surface area (Å²) < 4.78 is 18.6. The van der Waals surface area contributed by atoms with E-state index in [4.69, 9.17) is 16.3 Å². The molecule has 0 radical (unpaired) electrons. The van der Waals surface area contributed by atoms with E-state index in [9.17, 15) is 4.39 Å². The van der Waals surface area contributed by atoms with E-state index in [1.54, 1.807) is 19.2 Å². The maximum absolute atomic E-state index is 13.6. The Morgan fingerprint density at radius 1 is 1.36 bits per heavy atom. The Morgan fingerprint density at radius 3 is 2.77 bits per heavy atom. The van der Waals surface area contributed by atoms with Crippen molar-refractivity contribution >= 4 is 41.5 Å². The number of guanidine groups is 1. The SMILES string of the molecule is CCNC(=NCCCOC)NCCc1c(F)cccc1Cl.I. The van der Waals surface area contributed by atoms with Crippen molar-refractivity contribution in [1.82, 2.24) is 10.6 Å². The Labute approximate surface area is 153 Å². The van der Waals surface area contributed by atoms with Gasteiger partial charge in [-0.3, -0.25) is 4.99 Å². The minimum absolute atomic E-state index is 0. The van der Waals surface area contributed by atoms with E-state index in [0.29, 0.717) is 36.7 Å². The summed E-state index contributed by atoms with van der Waals surface area (Å²) >= 11 is 6.00. The highest BCUT2D eigenvalue weighted by atomic mass is 127. The smallest absolute Gasteiger partial charge is 0.191 e. The molecule has 0 heterocycles. The third-order valence-electron chi connectivity index (χ3n) is 2.85. The van der Waals surface area contributed by atoms with E-state index in [1.807, 2.05) is 6.92 Å². The van der Waals surface area contributed by atoms with E-state index in [-0.39, 0.29) is 29.8 Å². The summed E-state index contributed by atoms with van der Waals surface area (Å²) in [5.41, 5.74) is 0.530. The Balaban J connectivity index is 0.00000441. The Morgan fingerprint density at radius 2 is 2.14 bits per heavy atom. The van der Waals surface area contributed by atoms with Crippen LogP contribution in [0.1, 0.15) is 18.9 Å². The Kier molecular flexibility index (Phi) is 12.5. The molecule has 1 aromatic rings. The first kappa shape index (κ1) is 21.4. The molecular weight excluding hydrogens is 420 g/mol. The number of benzene rings is 1. The van der Waals surface area contributed by atoms with Crippen LogP contribution in [0, 0.1) is 5.82 Å². The van der Waals surface area contributed by atoms with Crippen LogP contribution in [0.25, 0.3) is 0 Å². The van der Waals surface area contributed by atoms with Gasteiger partial charge in [-0.2, -0.15) is 0 Å². The molecule has 4 nitrogen and oxygen atoms in total. The first-order valence-corrected chi connectivity index (χ1v) is 7.50. The van der Waals surface area contributed by atoms with Crippen molar-refractivity contribution in [2.75, 3.05) is 33.4 Å². The molecule has 126 valence electrons. The van der Waals surface area contributed by atoms with Gasteiger partial charge < -0.3 is 15.4 Å². The van der Waals surface area contributed by atoms with Gasteiger partial charge >= 0.3 is 0 Å². The van der Waals surface area contributed by atoms with Crippen molar-refractivity contribution in [1.29, 1.82) is 0 Å². The molecule has 0 spiro atoms. The minimum atomic E-state index is -0.272. The second-order valence-corrected chi connectivity index (χ2v) is 4.89. The normalized spacial score (nSPS) is 11.0. The fraction of sp³-hybridized carbons (Fsp3) is 0.533. The standard InChI is InChI=1S/C15H23ClFN3O.HI/c1-3-18-15(19-9-5-11-21-2)20-10-8-12-13(16)6-4-7-14(12)17;/h4,6-7H,3,5,8-11H2,1-2H3,(H2,18,19,20);1H. The van der Waals surface area contributed by atoms with Crippen LogP contribution in [0.5, 0.6) is 0 Å². The monoisotopic (exact) mass is 443 g/mol. The van der Waals surface area contributed by atoms with Crippen molar-refractivity contribution in [3.8, 4) is 0 Å². The summed E-state index contributed by atoms with van der Waals surface area (Å²) in [5, 5.41) is 6.78. The number of hydrogen-bond donors (Lipinski definition) is 2. The number of hydrogen-bond acceptors (Lipinski definition) is 2. The number of halogens is 3. The number of aliphatic imine (C=N–C) groups is 1. The average Bonchev–Trinajstić information content (AvgIpc) is 2.46. The van der Waals surface area contributed by atoms with Crippen LogP contribution >= 0.6 is 35.6 Å². The molecule has 0 aliphatic carbocycles. The molecule has 1 aromatic carbocycles. The van der Waals surface area contributed by atoms with Gasteiger partial charge in [0.05, 0.1) is 0 Å². The lowest BCUT2D eigenvalue weighted by Gasteiger charge is -2.12. The van der Waals surface area contributed by atoms with Gasteiger partial charge in [0, 0.05) is 43.9 Å². The zero-order valence-electron chi connectivity index (χ0n) is 13.0. The lowest BCUT2D eigenvalue weighted by Crippen LogP contribution is -2.38. The van der Waals surface area contributed by atoms with Crippen LogP contribution in [0.15, 0.2) is 23.2 Å². The zero-order chi connectivity index (χ0) is 15.5. The van der Waals surface area contributed by atoms with Crippen LogP contribution in [0.3, 0.4) is 0 Å². The number of nitrogens with zero attached hydrogens (tertiary/aromatic N) is 1. The zero-order valence-corrected chi connectivity index (χ0v) is 16.1. The molecule has 0 saturated heterocycles. The van der Waals surface area contributed by atoms with Crippen LogP contribution in [0.4, 0.5) is 4.39 Å². The van der Waals surface area contributed by atoms with Crippen molar-refractivity contribution in [3.63, 3.8) is 0 Å². The van der Waals surface area contributed by atoms with Crippen molar-refractivity contribution in [2.45, 2.75) is 19.8 Å². The van der Waals surface area contributed by atoms with Gasteiger partial charge in [0.2, 0.25) is 0 Å². The first-order valence-electron chi connectivity index (χ1n) is 7.13. The van der Waals surface area contributed by atoms with Gasteiger partial charge in [0.15, 0.2) is 5.96 Å². The van der Waals surface area contributed by atoms with Crippen molar-refractivity contribution < 1.29 is 9.13 Å². The number of rotatable bonds is 8. The molecular formula is C15H24ClFIN3O. The summed E-state index contributed by atoms with van der Waals surface area (Å²) in [5.74, 6) is 0.451. The highest BCUT2D eigenvalue weighted by molar-refractivity contribution is 14.0. The van der Waals surface area contributed by atoms with Crippen LogP contribution in [0.2, 0.25) is 5.02 Å². The Bertz CT molecular complexity index is 440. The molecule has 2 N–H and O–H groups in total. The molecule has 0 aliphatic rings. The molecule has 22 heavy (non-hydrogen) atoms. The summed E-state index contributed by atoms with van der Waals surface area (Å²) in [6.07, 6.45) is 1.38. The number of ether oxygens (including phenoxy) is 1. The van der Waals surface area contributed by atoms with Gasteiger partial charge in [-0.1, -0.05) is 17.7 Å². The Hall–Kier alpha value is -0.600. The second kappa shape index (κ2) is 12.9. The highest BCUT2D eigenvalue weighted by Crippen LogP contribution is 2.18. The summed E-state index contributed by atoms with van der Waals surface area (Å²) in [6.45, 7) is 4.71. The molecule has 0 fully saturated rings. The minimum Gasteiger partial charge on any atom is -0.385 e. The van der Waals surface area contributed by atoms with E-state index < -0.39 is 0 Å². The van der Waals surface area contributed by atoms with Gasteiger partial charge in [-0.05, 0) is 31.9 Å². The predicted molar refractivity (Wildman–Crippen MR) is 101 cm³/mol. The lowest BCUT2D eigenvalue weighted by atomic mass is 10.1. The van der Waals surface area contributed by atoms with E-state index in [1.165, 1.54) is 6.07 Å². The van der Waals surface area contributed by atoms with Crippen LogP contribution in [-0.2, 0) is 11.2 Å². The summed E-state index contributed by atoms with van der Waals surface area (Å²) in [4.78, 5) is 4.41. The van der Waals surface area contributed by atoms with E-state index >= 15 is 0 Å². The van der Waals surface area contributed by atoms with E-state index in [2.05, 4.69) is 15.6 Å². The topological polar surface area (TPSA) is 45.7 Å². The molecule has 7 heteroatoms. The van der Waals surface area contributed by atoms with Gasteiger partial charge in [-0.25, -0.2) is 4.39 Å².